The molecule has 1 N–H and O–H groups in total. The summed E-state index contributed by atoms with van der Waals surface area (Å²) in [7, 11) is 0. The first-order valence-corrected chi connectivity index (χ1v) is 11.6. The minimum atomic E-state index is -0.0217. The van der Waals surface area contributed by atoms with Gasteiger partial charge in [-0.2, -0.15) is 0 Å². The first-order chi connectivity index (χ1) is 15.5. The number of hydrogen-bond donors (Lipinski definition) is 1. The molecule has 1 aliphatic rings. The third kappa shape index (κ3) is 5.10. The lowest BCUT2D eigenvalue weighted by atomic mass is 9.81. The minimum Gasteiger partial charge on any atom is -0.352 e. The van der Waals surface area contributed by atoms with Crippen molar-refractivity contribution in [2.75, 3.05) is 13.1 Å². The number of likely N-dealkylation sites (tertiary alicyclic amines) is 1. The van der Waals surface area contributed by atoms with Crippen LogP contribution in [0.5, 0.6) is 0 Å². The third-order valence-electron chi connectivity index (χ3n) is 6.48. The molecule has 3 aromatic rings. The molecule has 0 radical (unpaired) electrons. The van der Waals surface area contributed by atoms with Crippen molar-refractivity contribution in [2.24, 2.45) is 11.8 Å². The molecule has 2 amide bonds. The molecule has 0 saturated carbocycles. The maximum Gasteiger partial charge on any atom is 0.254 e. The van der Waals surface area contributed by atoms with Gasteiger partial charge < -0.3 is 10.2 Å². The van der Waals surface area contributed by atoms with E-state index in [4.69, 9.17) is 11.6 Å². The van der Waals surface area contributed by atoms with Crippen LogP contribution in [0, 0.1) is 11.8 Å². The fourth-order valence-corrected chi connectivity index (χ4v) is 4.84. The van der Waals surface area contributed by atoms with E-state index in [0.29, 0.717) is 42.7 Å². The number of nitrogens with zero attached hydrogens (tertiary/aromatic N) is 2. The fraction of sp³-hybridized carbons (Fsp3) is 0.346. The van der Waals surface area contributed by atoms with Gasteiger partial charge in [0.1, 0.15) is 5.15 Å². The van der Waals surface area contributed by atoms with E-state index in [2.05, 4.69) is 41.5 Å². The minimum absolute atomic E-state index is 0.0217. The van der Waals surface area contributed by atoms with Gasteiger partial charge in [0.15, 0.2) is 0 Å². The zero-order valence-corrected chi connectivity index (χ0v) is 19.0. The number of carbonyl (C=O) groups excluding carboxylic acids is 2. The molecular weight excluding hydrogens is 422 g/mol. The smallest absolute Gasteiger partial charge is 0.254 e. The molecule has 1 aromatic heterocycles. The van der Waals surface area contributed by atoms with Crippen LogP contribution in [0.15, 0.2) is 60.8 Å². The number of benzene rings is 2. The van der Waals surface area contributed by atoms with Crippen molar-refractivity contribution >= 4 is 34.2 Å². The Balaban J connectivity index is 1.34. The van der Waals surface area contributed by atoms with Crippen molar-refractivity contribution in [1.82, 2.24) is 15.2 Å². The monoisotopic (exact) mass is 449 g/mol. The lowest BCUT2D eigenvalue weighted by Gasteiger charge is -2.38. The molecule has 5 nitrogen and oxygen atoms in total. The number of hydrogen-bond acceptors (Lipinski definition) is 3. The van der Waals surface area contributed by atoms with Gasteiger partial charge in [-0.1, -0.05) is 67.4 Å². The number of pyridine rings is 1. The zero-order valence-electron chi connectivity index (χ0n) is 18.3. The zero-order chi connectivity index (χ0) is 22.5. The Morgan fingerprint density at radius 3 is 2.75 bits per heavy atom. The van der Waals surface area contributed by atoms with E-state index in [-0.39, 0.29) is 17.7 Å². The molecule has 4 rings (SSSR count). The summed E-state index contributed by atoms with van der Waals surface area (Å²) in [6.45, 7) is 3.97. The molecule has 6 heteroatoms. The molecule has 1 aliphatic heterocycles. The molecule has 1 saturated heterocycles. The Morgan fingerprint density at radius 1 is 1.12 bits per heavy atom. The highest BCUT2D eigenvalue weighted by molar-refractivity contribution is 6.29. The highest BCUT2D eigenvalue weighted by Crippen LogP contribution is 2.30. The molecule has 0 aliphatic carbocycles. The average Bonchev–Trinajstić information content (AvgIpc) is 2.82. The van der Waals surface area contributed by atoms with Crippen LogP contribution in [0.4, 0.5) is 0 Å². The average molecular weight is 450 g/mol. The van der Waals surface area contributed by atoms with E-state index >= 15 is 0 Å². The van der Waals surface area contributed by atoms with Gasteiger partial charge in [0, 0.05) is 37.8 Å². The number of piperidine rings is 1. The summed E-state index contributed by atoms with van der Waals surface area (Å²) in [6, 6.07) is 17.7. The highest BCUT2D eigenvalue weighted by atomic mass is 35.5. The second-order valence-electron chi connectivity index (χ2n) is 8.45. The molecule has 2 heterocycles. The maximum absolute atomic E-state index is 12.9. The Hall–Kier alpha value is -2.92. The van der Waals surface area contributed by atoms with E-state index in [9.17, 15) is 9.59 Å². The van der Waals surface area contributed by atoms with Crippen molar-refractivity contribution in [3.63, 3.8) is 0 Å². The van der Waals surface area contributed by atoms with Gasteiger partial charge in [0.2, 0.25) is 5.91 Å². The SMILES string of the molecule is CC[C@H]1CN(C(=O)c2ccnc(Cl)c2)CC[C@H]1CC(=O)NCc1cccc2ccccc12. The van der Waals surface area contributed by atoms with Crippen LogP contribution < -0.4 is 5.32 Å². The van der Waals surface area contributed by atoms with Gasteiger partial charge in [-0.05, 0) is 46.7 Å². The topological polar surface area (TPSA) is 62.3 Å². The van der Waals surface area contributed by atoms with Crippen LogP contribution >= 0.6 is 11.6 Å². The van der Waals surface area contributed by atoms with Crippen molar-refractivity contribution in [3.05, 3.63) is 77.1 Å². The molecule has 1 fully saturated rings. The predicted molar refractivity (Wildman–Crippen MR) is 127 cm³/mol. The summed E-state index contributed by atoms with van der Waals surface area (Å²) in [5.74, 6) is 0.625. The van der Waals surface area contributed by atoms with Crippen LogP contribution in [0.1, 0.15) is 42.1 Å². The molecule has 166 valence electrons. The number of rotatable bonds is 6. The number of carbonyl (C=O) groups is 2. The van der Waals surface area contributed by atoms with Gasteiger partial charge in [0.25, 0.3) is 5.91 Å². The van der Waals surface area contributed by atoms with E-state index in [1.165, 1.54) is 10.8 Å². The Morgan fingerprint density at radius 2 is 1.94 bits per heavy atom. The standard InChI is InChI=1S/C26H28ClN3O2/c1-2-18-17-30(26(32)21-10-12-28-24(27)14-21)13-11-20(18)15-25(31)29-16-22-8-5-7-19-6-3-4-9-23(19)22/h3-10,12,14,18,20H,2,11,13,15-17H2,1H3,(H,29,31)/t18-,20-/m0/s1. The van der Waals surface area contributed by atoms with Gasteiger partial charge in [0.05, 0.1) is 0 Å². The van der Waals surface area contributed by atoms with Crippen LogP contribution in [-0.4, -0.2) is 34.8 Å². The number of amides is 2. The van der Waals surface area contributed by atoms with Crippen molar-refractivity contribution in [1.29, 1.82) is 0 Å². The second-order valence-corrected chi connectivity index (χ2v) is 8.84. The lowest BCUT2D eigenvalue weighted by Crippen LogP contribution is -2.44. The van der Waals surface area contributed by atoms with Crippen molar-refractivity contribution in [3.8, 4) is 0 Å². The fourth-order valence-electron chi connectivity index (χ4n) is 4.67. The molecule has 0 bridgehead atoms. The molecule has 2 aromatic carbocycles. The maximum atomic E-state index is 12.9. The van der Waals surface area contributed by atoms with Crippen molar-refractivity contribution in [2.45, 2.75) is 32.7 Å². The number of halogens is 1. The van der Waals surface area contributed by atoms with Gasteiger partial charge in [-0.3, -0.25) is 9.59 Å². The summed E-state index contributed by atoms with van der Waals surface area (Å²) in [5, 5.41) is 5.78. The predicted octanol–water partition coefficient (Wildman–Crippen LogP) is 5.08. The van der Waals surface area contributed by atoms with E-state index < -0.39 is 0 Å². The largest absolute Gasteiger partial charge is 0.352 e. The molecule has 0 spiro atoms. The molecule has 0 unspecified atom stereocenters. The van der Waals surface area contributed by atoms with Gasteiger partial charge >= 0.3 is 0 Å². The Bertz CT molecular complexity index is 1110. The molecule has 32 heavy (non-hydrogen) atoms. The Kier molecular flexibility index (Phi) is 7.05. The number of aromatic nitrogens is 1. The molecule has 2 atom stereocenters. The highest BCUT2D eigenvalue weighted by Gasteiger charge is 2.32. The van der Waals surface area contributed by atoms with Gasteiger partial charge in [-0.15, -0.1) is 0 Å². The van der Waals surface area contributed by atoms with E-state index in [0.717, 1.165) is 18.4 Å². The summed E-state index contributed by atoms with van der Waals surface area (Å²) in [5.41, 5.74) is 1.69. The van der Waals surface area contributed by atoms with Crippen molar-refractivity contribution < 1.29 is 9.59 Å². The lowest BCUT2D eigenvalue weighted by molar-refractivity contribution is -0.123. The second kappa shape index (κ2) is 10.1. The van der Waals surface area contributed by atoms with Crippen LogP contribution in [0.2, 0.25) is 5.15 Å². The summed E-state index contributed by atoms with van der Waals surface area (Å²) in [4.78, 5) is 31.4. The summed E-state index contributed by atoms with van der Waals surface area (Å²) < 4.78 is 0. The molecular formula is C26H28ClN3O2. The van der Waals surface area contributed by atoms with E-state index in [1.807, 2.05) is 23.1 Å². The van der Waals surface area contributed by atoms with E-state index in [1.54, 1.807) is 18.3 Å². The number of nitrogens with one attached hydrogen (secondary N) is 1. The normalized spacial score (nSPS) is 18.5. The number of fused-ring (bicyclic) bond motifs is 1. The van der Waals surface area contributed by atoms with Gasteiger partial charge in [-0.25, -0.2) is 4.98 Å². The summed E-state index contributed by atoms with van der Waals surface area (Å²) >= 11 is 5.94. The first kappa shape index (κ1) is 22.3. The third-order valence-corrected chi connectivity index (χ3v) is 6.69. The Labute approximate surface area is 193 Å². The summed E-state index contributed by atoms with van der Waals surface area (Å²) in [6.07, 6.45) is 3.80. The first-order valence-electron chi connectivity index (χ1n) is 11.2. The van der Waals surface area contributed by atoms with Crippen LogP contribution in [0.25, 0.3) is 10.8 Å². The van der Waals surface area contributed by atoms with Crippen LogP contribution in [-0.2, 0) is 11.3 Å². The van der Waals surface area contributed by atoms with Crippen LogP contribution in [0.3, 0.4) is 0 Å². The quantitative estimate of drug-likeness (QED) is 0.533.